The minimum Gasteiger partial charge on any atom is -0.352 e. The summed E-state index contributed by atoms with van der Waals surface area (Å²) in [5, 5.41) is 2.50. The number of rotatable bonds is 6. The van der Waals surface area contributed by atoms with Crippen molar-refractivity contribution < 1.29 is 18.0 Å². The second kappa shape index (κ2) is 8.91. The first kappa shape index (κ1) is 22.2. The molecule has 0 spiro atoms. The van der Waals surface area contributed by atoms with Crippen molar-refractivity contribution in [2.24, 2.45) is 11.7 Å². The first-order chi connectivity index (χ1) is 13.0. The van der Waals surface area contributed by atoms with Crippen LogP contribution in [-0.4, -0.2) is 61.8 Å². The largest absolute Gasteiger partial charge is 0.352 e. The molecule has 0 saturated carbocycles. The van der Waals surface area contributed by atoms with Crippen molar-refractivity contribution in [1.82, 2.24) is 14.5 Å². The van der Waals surface area contributed by atoms with E-state index in [1.54, 1.807) is 24.0 Å². The fourth-order valence-electron chi connectivity index (χ4n) is 3.46. The van der Waals surface area contributed by atoms with E-state index in [2.05, 4.69) is 5.32 Å². The topological polar surface area (TPSA) is 113 Å². The zero-order chi connectivity index (χ0) is 21.1. The van der Waals surface area contributed by atoms with Gasteiger partial charge < -0.3 is 16.0 Å². The molecule has 8 nitrogen and oxygen atoms in total. The van der Waals surface area contributed by atoms with E-state index in [9.17, 15) is 18.0 Å². The minimum atomic E-state index is -3.61. The molecule has 1 aliphatic rings. The highest BCUT2D eigenvalue weighted by molar-refractivity contribution is 7.89. The van der Waals surface area contributed by atoms with Gasteiger partial charge in [0.25, 0.3) is 0 Å². The van der Waals surface area contributed by atoms with Crippen LogP contribution in [0.25, 0.3) is 0 Å². The molecule has 0 aromatic heterocycles. The molecule has 1 aromatic carbocycles. The summed E-state index contributed by atoms with van der Waals surface area (Å²) >= 11 is 0. The van der Waals surface area contributed by atoms with Gasteiger partial charge in [-0.1, -0.05) is 31.5 Å². The van der Waals surface area contributed by atoms with Crippen LogP contribution in [0.15, 0.2) is 23.1 Å². The lowest BCUT2D eigenvalue weighted by atomic mass is 10.0. The van der Waals surface area contributed by atoms with Crippen molar-refractivity contribution in [1.29, 1.82) is 0 Å². The van der Waals surface area contributed by atoms with E-state index in [1.807, 2.05) is 26.8 Å². The number of aryl methyl sites for hydroxylation is 2. The third-order valence-corrected chi connectivity index (χ3v) is 6.88. The van der Waals surface area contributed by atoms with E-state index in [0.717, 1.165) is 5.56 Å². The summed E-state index contributed by atoms with van der Waals surface area (Å²) in [6, 6.07) is 3.83. The van der Waals surface area contributed by atoms with E-state index >= 15 is 0 Å². The Morgan fingerprint density at radius 3 is 2.25 bits per heavy atom. The summed E-state index contributed by atoms with van der Waals surface area (Å²) in [4.78, 5) is 25.9. The molecule has 2 rings (SSSR count). The van der Waals surface area contributed by atoms with Crippen molar-refractivity contribution in [2.45, 2.75) is 45.1 Å². The number of hydrogen-bond acceptors (Lipinski definition) is 4. The number of carbonyl (C=O) groups excluding carboxylic acids is 2. The fraction of sp³-hybridized carbons (Fsp3) is 0.579. The van der Waals surface area contributed by atoms with Gasteiger partial charge in [-0.25, -0.2) is 13.2 Å². The summed E-state index contributed by atoms with van der Waals surface area (Å²) in [5.74, 6) is -0.0250. The number of piperazine rings is 1. The second-order valence-electron chi connectivity index (χ2n) is 7.69. The van der Waals surface area contributed by atoms with Crippen LogP contribution in [0.5, 0.6) is 0 Å². The van der Waals surface area contributed by atoms with E-state index in [-0.39, 0.29) is 38.0 Å². The number of amides is 3. The predicted octanol–water partition coefficient (Wildman–Crippen LogP) is 1.22. The molecule has 1 atom stereocenters. The number of nitrogens with one attached hydrogen (secondary N) is 1. The van der Waals surface area contributed by atoms with E-state index in [4.69, 9.17) is 5.73 Å². The highest BCUT2D eigenvalue weighted by Crippen LogP contribution is 2.22. The molecule has 1 saturated heterocycles. The predicted molar refractivity (Wildman–Crippen MR) is 107 cm³/mol. The van der Waals surface area contributed by atoms with Gasteiger partial charge in [0.1, 0.15) is 6.04 Å². The maximum Gasteiger partial charge on any atom is 0.312 e. The first-order valence-corrected chi connectivity index (χ1v) is 10.9. The Morgan fingerprint density at radius 1 is 1.14 bits per heavy atom. The molecule has 0 unspecified atom stereocenters. The van der Waals surface area contributed by atoms with Crippen molar-refractivity contribution in [2.75, 3.05) is 26.2 Å². The number of primary amides is 1. The lowest BCUT2D eigenvalue weighted by Gasteiger charge is -2.36. The van der Waals surface area contributed by atoms with Gasteiger partial charge in [-0.05, 0) is 37.8 Å². The van der Waals surface area contributed by atoms with Gasteiger partial charge in [-0.2, -0.15) is 4.31 Å². The van der Waals surface area contributed by atoms with E-state index in [1.165, 1.54) is 4.31 Å². The highest BCUT2D eigenvalue weighted by Gasteiger charge is 2.33. The molecule has 3 N–H and O–H groups in total. The van der Waals surface area contributed by atoms with Crippen LogP contribution in [0.3, 0.4) is 0 Å². The summed E-state index contributed by atoms with van der Waals surface area (Å²) in [5.41, 5.74) is 6.91. The lowest BCUT2D eigenvalue weighted by molar-refractivity contribution is -0.134. The molecule has 0 bridgehead atoms. The molecular weight excluding hydrogens is 380 g/mol. The van der Waals surface area contributed by atoms with Crippen molar-refractivity contribution in [3.05, 3.63) is 29.3 Å². The van der Waals surface area contributed by atoms with Crippen LogP contribution in [0.1, 0.15) is 31.4 Å². The highest BCUT2D eigenvalue weighted by atomic mass is 32.2. The van der Waals surface area contributed by atoms with Gasteiger partial charge in [0.05, 0.1) is 4.90 Å². The van der Waals surface area contributed by atoms with Crippen LogP contribution >= 0.6 is 0 Å². The molecule has 1 aromatic rings. The zero-order valence-corrected chi connectivity index (χ0v) is 17.8. The Bertz CT molecular complexity index is 830. The third-order valence-electron chi connectivity index (χ3n) is 4.82. The Balaban J connectivity index is 2.08. The van der Waals surface area contributed by atoms with Crippen LogP contribution in [0.4, 0.5) is 4.79 Å². The Hall–Kier alpha value is -2.13. The van der Waals surface area contributed by atoms with Gasteiger partial charge in [0.15, 0.2) is 0 Å². The van der Waals surface area contributed by atoms with E-state index in [0.29, 0.717) is 16.9 Å². The van der Waals surface area contributed by atoms with Gasteiger partial charge in [-0.15, -0.1) is 0 Å². The molecule has 1 heterocycles. The lowest BCUT2D eigenvalue weighted by Crippen LogP contribution is -2.56. The molecule has 0 aliphatic carbocycles. The summed E-state index contributed by atoms with van der Waals surface area (Å²) in [7, 11) is -3.61. The minimum absolute atomic E-state index is 0.201. The number of sulfonamides is 1. The Kier molecular flexibility index (Phi) is 7.06. The summed E-state index contributed by atoms with van der Waals surface area (Å²) < 4.78 is 27.3. The van der Waals surface area contributed by atoms with Crippen LogP contribution < -0.4 is 11.1 Å². The van der Waals surface area contributed by atoms with Gasteiger partial charge in [-0.3, -0.25) is 4.79 Å². The maximum absolute atomic E-state index is 13.0. The number of nitrogens with two attached hydrogens (primary N) is 1. The fourth-order valence-corrected chi connectivity index (χ4v) is 5.09. The standard InChI is InChI=1S/C19H30N4O4S/c1-13(2)11-16(21-19(20)25)18(24)22-7-9-23(10-8-22)28(26,27)17-6-5-14(3)12-15(17)4/h5-6,12-13,16H,7-11H2,1-4H3,(H3,20,21,25)/t16-/m0/s1. The molecule has 9 heteroatoms. The summed E-state index contributed by atoms with van der Waals surface area (Å²) in [6.07, 6.45) is 0.475. The van der Waals surface area contributed by atoms with Crippen LogP contribution in [-0.2, 0) is 14.8 Å². The molecule has 1 aliphatic heterocycles. The van der Waals surface area contributed by atoms with Crippen LogP contribution in [0.2, 0.25) is 0 Å². The van der Waals surface area contributed by atoms with Crippen molar-refractivity contribution in [3.63, 3.8) is 0 Å². The van der Waals surface area contributed by atoms with Crippen molar-refractivity contribution >= 4 is 22.0 Å². The van der Waals surface area contributed by atoms with Gasteiger partial charge in [0, 0.05) is 26.2 Å². The Labute approximate surface area is 167 Å². The zero-order valence-electron chi connectivity index (χ0n) is 16.9. The number of nitrogens with zero attached hydrogens (tertiary/aromatic N) is 2. The first-order valence-electron chi connectivity index (χ1n) is 9.44. The maximum atomic E-state index is 13.0. The SMILES string of the molecule is Cc1ccc(S(=O)(=O)N2CCN(C(=O)[C@H](CC(C)C)NC(N)=O)CC2)c(C)c1. The number of benzene rings is 1. The molecule has 0 radical (unpaired) electrons. The Morgan fingerprint density at radius 2 is 1.75 bits per heavy atom. The number of hydrogen-bond donors (Lipinski definition) is 2. The van der Waals surface area contributed by atoms with Gasteiger partial charge in [0.2, 0.25) is 15.9 Å². The van der Waals surface area contributed by atoms with Gasteiger partial charge >= 0.3 is 6.03 Å². The smallest absolute Gasteiger partial charge is 0.312 e. The molecule has 3 amide bonds. The molecule has 156 valence electrons. The number of carbonyl (C=O) groups is 2. The summed E-state index contributed by atoms with van der Waals surface area (Å²) in [6.45, 7) is 8.59. The second-order valence-corrected chi connectivity index (χ2v) is 9.60. The number of urea groups is 1. The molecule has 28 heavy (non-hydrogen) atoms. The third kappa shape index (κ3) is 5.23. The average molecular weight is 411 g/mol. The van der Waals surface area contributed by atoms with E-state index < -0.39 is 22.1 Å². The monoisotopic (exact) mass is 410 g/mol. The quantitative estimate of drug-likeness (QED) is 0.734. The van der Waals surface area contributed by atoms with Crippen molar-refractivity contribution in [3.8, 4) is 0 Å². The van der Waals surface area contributed by atoms with Crippen LogP contribution in [0, 0.1) is 19.8 Å². The normalized spacial score (nSPS) is 16.8. The molecule has 1 fully saturated rings. The molecular formula is C19H30N4O4S. The average Bonchev–Trinajstić information content (AvgIpc) is 2.59.